The summed E-state index contributed by atoms with van der Waals surface area (Å²) in [5.74, 6) is -0.0414. The van der Waals surface area contributed by atoms with Gasteiger partial charge < -0.3 is 10.2 Å². The zero-order valence-electron chi connectivity index (χ0n) is 11.2. The Morgan fingerprint density at radius 2 is 2.21 bits per heavy atom. The van der Waals surface area contributed by atoms with Gasteiger partial charge >= 0.3 is 0 Å². The highest BCUT2D eigenvalue weighted by molar-refractivity contribution is 5.84. The monoisotopic (exact) mass is 260 g/mol. The average Bonchev–Trinajstić information content (AvgIpc) is 2.94. The zero-order chi connectivity index (χ0) is 13.7. The van der Waals surface area contributed by atoms with Crippen molar-refractivity contribution in [2.24, 2.45) is 0 Å². The van der Waals surface area contributed by atoms with Crippen LogP contribution in [0.5, 0.6) is 0 Å². The molecule has 102 valence electrons. The van der Waals surface area contributed by atoms with Gasteiger partial charge in [-0.15, -0.1) is 0 Å². The number of nitrogens with one attached hydrogen (secondary N) is 1. The van der Waals surface area contributed by atoms with Gasteiger partial charge in [-0.2, -0.15) is 0 Å². The number of amides is 2. The summed E-state index contributed by atoms with van der Waals surface area (Å²) >= 11 is 0. The molecule has 0 aromatic heterocycles. The van der Waals surface area contributed by atoms with Crippen LogP contribution in [0.15, 0.2) is 30.3 Å². The minimum atomic E-state index is -0.296. The minimum Gasteiger partial charge on any atom is -0.348 e. The summed E-state index contributed by atoms with van der Waals surface area (Å²) in [6, 6.07) is 9.65. The van der Waals surface area contributed by atoms with E-state index in [1.165, 1.54) is 0 Å². The second-order valence-electron chi connectivity index (χ2n) is 4.88. The molecule has 0 unspecified atom stereocenters. The number of benzene rings is 1. The molecular formula is C15H20N2O2. The highest BCUT2D eigenvalue weighted by Gasteiger charge is 2.30. The van der Waals surface area contributed by atoms with E-state index in [0.29, 0.717) is 6.54 Å². The number of rotatable bonds is 5. The predicted molar refractivity (Wildman–Crippen MR) is 73.4 cm³/mol. The third kappa shape index (κ3) is 3.13. The van der Waals surface area contributed by atoms with E-state index in [0.717, 1.165) is 31.2 Å². The lowest BCUT2D eigenvalue weighted by molar-refractivity contribution is -0.131. The average molecular weight is 260 g/mol. The van der Waals surface area contributed by atoms with Gasteiger partial charge in [-0.3, -0.25) is 9.59 Å². The second-order valence-corrected chi connectivity index (χ2v) is 4.88. The highest BCUT2D eigenvalue weighted by Crippen LogP contribution is 2.19. The predicted octanol–water partition coefficient (Wildman–Crippen LogP) is 1.87. The molecule has 1 aliphatic rings. The molecule has 2 amide bonds. The first kappa shape index (κ1) is 13.6. The molecule has 2 atom stereocenters. The van der Waals surface area contributed by atoms with Crippen molar-refractivity contribution in [3.8, 4) is 0 Å². The molecule has 0 bridgehead atoms. The fourth-order valence-corrected chi connectivity index (χ4v) is 2.57. The highest BCUT2D eigenvalue weighted by atomic mass is 16.2. The van der Waals surface area contributed by atoms with Crippen LogP contribution in [0.25, 0.3) is 0 Å². The molecule has 1 N–H and O–H groups in total. The summed E-state index contributed by atoms with van der Waals surface area (Å²) in [5, 5.41) is 3.05. The van der Waals surface area contributed by atoms with E-state index >= 15 is 0 Å². The summed E-state index contributed by atoms with van der Waals surface area (Å²) in [5.41, 5.74) is 1.11. The van der Waals surface area contributed by atoms with Crippen molar-refractivity contribution in [2.45, 2.75) is 38.3 Å². The van der Waals surface area contributed by atoms with Crippen molar-refractivity contribution in [1.29, 1.82) is 0 Å². The van der Waals surface area contributed by atoms with Crippen LogP contribution in [0.4, 0.5) is 0 Å². The van der Waals surface area contributed by atoms with Crippen molar-refractivity contribution < 1.29 is 9.59 Å². The lowest BCUT2D eigenvalue weighted by Crippen LogP contribution is -2.43. The molecule has 4 heteroatoms. The number of likely N-dealkylation sites (tertiary alicyclic amines) is 1. The van der Waals surface area contributed by atoms with E-state index < -0.39 is 0 Å². The van der Waals surface area contributed by atoms with E-state index in [-0.39, 0.29) is 18.0 Å². The molecule has 0 saturated carbocycles. The largest absolute Gasteiger partial charge is 0.348 e. The molecule has 1 heterocycles. The third-order valence-corrected chi connectivity index (χ3v) is 3.66. The van der Waals surface area contributed by atoms with Crippen molar-refractivity contribution in [2.75, 3.05) is 6.54 Å². The molecule has 1 aromatic carbocycles. The SMILES string of the molecule is CC[C@H](NC(=O)[C@@H]1CCCN1C=O)c1ccccc1. The van der Waals surface area contributed by atoms with Crippen LogP contribution >= 0.6 is 0 Å². The van der Waals surface area contributed by atoms with Gasteiger partial charge in [0.05, 0.1) is 6.04 Å². The molecule has 1 aromatic rings. The van der Waals surface area contributed by atoms with Gasteiger partial charge in [-0.1, -0.05) is 37.3 Å². The standard InChI is InChI=1S/C15H20N2O2/c1-2-13(12-7-4-3-5-8-12)16-15(19)14-9-6-10-17(14)11-18/h3-5,7-8,11,13-14H,2,6,9-10H2,1H3,(H,16,19)/t13-,14-/m0/s1. The Kier molecular flexibility index (Phi) is 4.55. The fourth-order valence-electron chi connectivity index (χ4n) is 2.57. The Balaban J connectivity index is 2.02. The Bertz CT molecular complexity index is 433. The number of carbonyl (C=O) groups is 2. The van der Waals surface area contributed by atoms with E-state index in [2.05, 4.69) is 5.32 Å². The Labute approximate surface area is 113 Å². The second kappa shape index (κ2) is 6.36. The summed E-state index contributed by atoms with van der Waals surface area (Å²) in [6.45, 7) is 2.73. The summed E-state index contributed by atoms with van der Waals surface area (Å²) in [6.07, 6.45) is 3.28. The van der Waals surface area contributed by atoms with Gasteiger partial charge in [0.15, 0.2) is 0 Å². The maximum Gasteiger partial charge on any atom is 0.243 e. The van der Waals surface area contributed by atoms with Crippen LogP contribution in [0.2, 0.25) is 0 Å². The van der Waals surface area contributed by atoms with Gasteiger partial charge in [0.2, 0.25) is 12.3 Å². The first-order chi connectivity index (χ1) is 9.26. The molecule has 0 spiro atoms. The van der Waals surface area contributed by atoms with Gasteiger partial charge in [0.25, 0.3) is 0 Å². The lowest BCUT2D eigenvalue weighted by Gasteiger charge is -2.23. The lowest BCUT2D eigenvalue weighted by atomic mass is 10.0. The molecule has 1 aliphatic heterocycles. The van der Waals surface area contributed by atoms with Crippen LogP contribution in [0.1, 0.15) is 37.8 Å². The maximum absolute atomic E-state index is 12.2. The van der Waals surface area contributed by atoms with E-state index in [1.807, 2.05) is 37.3 Å². The van der Waals surface area contributed by atoms with Gasteiger partial charge in [0.1, 0.15) is 6.04 Å². The van der Waals surface area contributed by atoms with Crippen molar-refractivity contribution in [1.82, 2.24) is 10.2 Å². The van der Waals surface area contributed by atoms with E-state index in [4.69, 9.17) is 0 Å². The summed E-state index contributed by atoms with van der Waals surface area (Å²) in [7, 11) is 0. The zero-order valence-corrected chi connectivity index (χ0v) is 11.2. The van der Waals surface area contributed by atoms with Crippen molar-refractivity contribution >= 4 is 12.3 Å². The first-order valence-corrected chi connectivity index (χ1v) is 6.82. The van der Waals surface area contributed by atoms with E-state index in [1.54, 1.807) is 4.90 Å². The van der Waals surface area contributed by atoms with Crippen LogP contribution in [0.3, 0.4) is 0 Å². The Morgan fingerprint density at radius 1 is 1.47 bits per heavy atom. The fraction of sp³-hybridized carbons (Fsp3) is 0.467. The van der Waals surface area contributed by atoms with Crippen molar-refractivity contribution in [3.05, 3.63) is 35.9 Å². The Morgan fingerprint density at radius 3 is 2.84 bits per heavy atom. The number of carbonyl (C=O) groups excluding carboxylic acids is 2. The number of nitrogens with zero attached hydrogens (tertiary/aromatic N) is 1. The molecule has 0 aliphatic carbocycles. The topological polar surface area (TPSA) is 49.4 Å². The molecule has 4 nitrogen and oxygen atoms in total. The normalized spacial score (nSPS) is 20.1. The number of hydrogen-bond acceptors (Lipinski definition) is 2. The third-order valence-electron chi connectivity index (χ3n) is 3.66. The molecular weight excluding hydrogens is 240 g/mol. The summed E-state index contributed by atoms with van der Waals surface area (Å²) in [4.78, 5) is 24.7. The maximum atomic E-state index is 12.2. The molecule has 19 heavy (non-hydrogen) atoms. The minimum absolute atomic E-state index is 0.0165. The molecule has 1 saturated heterocycles. The molecule has 0 radical (unpaired) electrons. The first-order valence-electron chi connectivity index (χ1n) is 6.82. The van der Waals surface area contributed by atoms with Crippen LogP contribution in [-0.2, 0) is 9.59 Å². The molecule has 1 fully saturated rings. The summed E-state index contributed by atoms with van der Waals surface area (Å²) < 4.78 is 0. The van der Waals surface area contributed by atoms with Gasteiger partial charge in [-0.05, 0) is 24.8 Å². The molecule has 2 rings (SSSR count). The van der Waals surface area contributed by atoms with Crippen LogP contribution in [-0.4, -0.2) is 29.8 Å². The van der Waals surface area contributed by atoms with Crippen LogP contribution in [0, 0.1) is 0 Å². The van der Waals surface area contributed by atoms with Gasteiger partial charge in [0, 0.05) is 6.54 Å². The van der Waals surface area contributed by atoms with Gasteiger partial charge in [-0.25, -0.2) is 0 Å². The number of hydrogen-bond donors (Lipinski definition) is 1. The Hall–Kier alpha value is -1.84. The van der Waals surface area contributed by atoms with Crippen LogP contribution < -0.4 is 5.32 Å². The van der Waals surface area contributed by atoms with E-state index in [9.17, 15) is 9.59 Å². The smallest absolute Gasteiger partial charge is 0.243 e. The van der Waals surface area contributed by atoms with Crippen molar-refractivity contribution in [3.63, 3.8) is 0 Å². The quantitative estimate of drug-likeness (QED) is 0.822.